The van der Waals surface area contributed by atoms with Crippen LogP contribution >= 0.6 is 0 Å². The second-order valence-corrected chi connectivity index (χ2v) is 9.17. The van der Waals surface area contributed by atoms with Crippen LogP contribution in [0.5, 0.6) is 0 Å². The Bertz CT molecular complexity index is 165. The van der Waals surface area contributed by atoms with Crippen molar-refractivity contribution in [2.45, 2.75) is 11.1 Å². The first-order chi connectivity index (χ1) is 4.36. The smallest absolute Gasteiger partial charge is 0.303 e. The summed E-state index contributed by atoms with van der Waals surface area (Å²) in [5.41, 5.74) is 0. The number of carboxylic acid groups (broad SMARTS) is 2. The van der Waals surface area contributed by atoms with Crippen LogP contribution in [-0.2, 0) is 9.59 Å². The van der Waals surface area contributed by atoms with Gasteiger partial charge in [0.2, 0.25) is 0 Å². The minimum Gasteiger partial charge on any atom is -0.481 e. The van der Waals surface area contributed by atoms with Gasteiger partial charge in [-0.3, -0.25) is 9.59 Å². The molecule has 0 spiro atoms. The zero-order valence-electron chi connectivity index (χ0n) is 5.92. The maximum Gasteiger partial charge on any atom is 0.303 e. The summed E-state index contributed by atoms with van der Waals surface area (Å²) < 4.78 is -0.883. The van der Waals surface area contributed by atoms with E-state index in [0.717, 1.165) is 0 Å². The van der Waals surface area contributed by atoms with Crippen molar-refractivity contribution in [3.05, 3.63) is 0 Å². The summed E-state index contributed by atoms with van der Waals surface area (Å²) >= 11 is 0. The molecule has 0 amide bonds. The Morgan fingerprint density at radius 2 is 1.70 bits per heavy atom. The van der Waals surface area contributed by atoms with E-state index in [4.69, 9.17) is 10.2 Å². The van der Waals surface area contributed by atoms with Gasteiger partial charge >= 0.3 is 11.9 Å². The molecule has 0 aromatic heterocycles. The first-order valence-electron chi connectivity index (χ1n) is 2.81. The number of carbonyl (C=O) groups is 2. The van der Waals surface area contributed by atoms with Gasteiger partial charge in [-0.15, -0.1) is 0 Å². The Kier molecular flexibility index (Phi) is 2.79. The van der Waals surface area contributed by atoms with Crippen LogP contribution < -0.4 is 0 Å². The highest BCUT2D eigenvalue weighted by Gasteiger charge is 2.29. The summed E-state index contributed by atoms with van der Waals surface area (Å²) in [6.07, 6.45) is -0.221. The standard InChI is InChI=1S/C4H10O4Si2/c5-2(6)1-4(9,10)3(7)8/h1H2,9-10H3,(H,5,6)(H,7,8). The summed E-state index contributed by atoms with van der Waals surface area (Å²) in [5, 5.41) is 16.8. The van der Waals surface area contributed by atoms with E-state index < -0.39 is 16.6 Å². The van der Waals surface area contributed by atoms with E-state index >= 15 is 0 Å². The summed E-state index contributed by atoms with van der Waals surface area (Å²) in [6.45, 7) is 0. The van der Waals surface area contributed by atoms with Gasteiger partial charge in [0.05, 0.1) is 6.42 Å². The number of hydrogen-bond donors (Lipinski definition) is 2. The molecular weight excluding hydrogens is 168 g/mol. The van der Waals surface area contributed by atoms with E-state index in [1.165, 1.54) is 0 Å². The number of carboxylic acids is 2. The molecule has 0 bridgehead atoms. The van der Waals surface area contributed by atoms with Crippen molar-refractivity contribution in [2.75, 3.05) is 0 Å². The fourth-order valence-corrected chi connectivity index (χ4v) is 1.06. The van der Waals surface area contributed by atoms with Crippen molar-refractivity contribution in [3.63, 3.8) is 0 Å². The zero-order valence-corrected chi connectivity index (χ0v) is 9.92. The van der Waals surface area contributed by atoms with Crippen LogP contribution in [-0.4, -0.2) is 42.6 Å². The monoisotopic (exact) mass is 178 g/mol. The van der Waals surface area contributed by atoms with Crippen molar-refractivity contribution in [1.82, 2.24) is 0 Å². The molecule has 58 valence electrons. The summed E-state index contributed by atoms with van der Waals surface area (Å²) in [4.78, 5) is 20.5. The van der Waals surface area contributed by atoms with Crippen molar-refractivity contribution >= 4 is 32.4 Å². The summed E-state index contributed by atoms with van der Waals surface area (Å²) in [7, 11) is 0.824. The van der Waals surface area contributed by atoms with Crippen LogP contribution in [0.2, 0.25) is 4.66 Å². The highest BCUT2D eigenvalue weighted by Crippen LogP contribution is 2.20. The average molecular weight is 178 g/mol. The van der Waals surface area contributed by atoms with Crippen molar-refractivity contribution in [3.8, 4) is 0 Å². The fraction of sp³-hybridized carbons (Fsp3) is 0.500. The lowest BCUT2D eigenvalue weighted by Gasteiger charge is -2.14. The minimum absolute atomic E-state index is 0.221. The predicted molar refractivity (Wildman–Crippen MR) is 42.5 cm³/mol. The first-order valence-corrected chi connectivity index (χ1v) is 4.81. The minimum atomic E-state index is -1.02. The Morgan fingerprint density at radius 3 is 1.80 bits per heavy atom. The van der Waals surface area contributed by atoms with Crippen LogP contribution in [0.4, 0.5) is 0 Å². The Morgan fingerprint density at radius 1 is 1.30 bits per heavy atom. The average Bonchev–Trinajstić information content (AvgIpc) is 1.60. The van der Waals surface area contributed by atoms with Crippen LogP contribution in [0.3, 0.4) is 0 Å². The lowest BCUT2D eigenvalue weighted by molar-refractivity contribution is -0.144. The van der Waals surface area contributed by atoms with Crippen LogP contribution in [0.15, 0.2) is 0 Å². The largest absolute Gasteiger partial charge is 0.481 e. The van der Waals surface area contributed by atoms with Gasteiger partial charge in [-0.05, 0) is 0 Å². The van der Waals surface area contributed by atoms with Crippen molar-refractivity contribution in [2.24, 2.45) is 0 Å². The predicted octanol–water partition coefficient (Wildman–Crippen LogP) is -2.61. The van der Waals surface area contributed by atoms with Gasteiger partial charge in [0.25, 0.3) is 0 Å². The molecule has 2 N–H and O–H groups in total. The summed E-state index contributed by atoms with van der Waals surface area (Å²) in [5.74, 6) is -1.99. The maximum atomic E-state index is 10.4. The molecule has 0 aliphatic carbocycles. The molecule has 0 atom stereocenters. The van der Waals surface area contributed by atoms with Gasteiger partial charge in [0.1, 0.15) is 0 Å². The molecule has 0 radical (unpaired) electrons. The molecular formula is C4H10O4Si2. The summed E-state index contributed by atoms with van der Waals surface area (Å²) in [6, 6.07) is 0. The lowest BCUT2D eigenvalue weighted by atomic mass is 10.3. The second-order valence-electron chi connectivity index (χ2n) is 2.76. The number of hydrogen-bond acceptors (Lipinski definition) is 2. The third-order valence-electron chi connectivity index (χ3n) is 1.17. The molecule has 0 unspecified atom stereocenters. The molecule has 0 saturated carbocycles. The molecule has 6 heteroatoms. The molecule has 0 saturated heterocycles. The maximum absolute atomic E-state index is 10.4. The van der Waals surface area contributed by atoms with Gasteiger partial charge in [0.15, 0.2) is 0 Å². The van der Waals surface area contributed by atoms with E-state index in [-0.39, 0.29) is 6.42 Å². The second kappa shape index (κ2) is 2.97. The molecule has 0 aromatic rings. The molecule has 0 heterocycles. The zero-order chi connectivity index (χ0) is 8.36. The van der Waals surface area contributed by atoms with Gasteiger partial charge in [-0.1, -0.05) is 0 Å². The molecule has 10 heavy (non-hydrogen) atoms. The molecule has 4 nitrogen and oxygen atoms in total. The molecule has 0 rings (SSSR count). The van der Waals surface area contributed by atoms with Crippen molar-refractivity contribution in [1.29, 1.82) is 0 Å². The Hall–Kier alpha value is -0.626. The first kappa shape index (κ1) is 9.37. The Labute approximate surface area is 64.1 Å². The highest BCUT2D eigenvalue weighted by atomic mass is 28.2. The topological polar surface area (TPSA) is 74.6 Å². The molecule has 0 aromatic carbocycles. The fourth-order valence-electron chi connectivity index (χ4n) is 0.454. The quantitative estimate of drug-likeness (QED) is 0.465. The highest BCUT2D eigenvalue weighted by molar-refractivity contribution is 6.50. The molecule has 0 aliphatic rings. The number of rotatable bonds is 3. The third kappa shape index (κ3) is 2.78. The van der Waals surface area contributed by atoms with E-state index in [1.54, 1.807) is 0 Å². The van der Waals surface area contributed by atoms with Gasteiger partial charge < -0.3 is 10.2 Å². The van der Waals surface area contributed by atoms with E-state index in [2.05, 4.69) is 0 Å². The van der Waals surface area contributed by atoms with Crippen LogP contribution in [0.1, 0.15) is 6.42 Å². The van der Waals surface area contributed by atoms with Crippen LogP contribution in [0, 0.1) is 0 Å². The lowest BCUT2D eigenvalue weighted by Crippen LogP contribution is -2.27. The van der Waals surface area contributed by atoms with Crippen molar-refractivity contribution < 1.29 is 19.8 Å². The third-order valence-corrected chi connectivity index (χ3v) is 2.73. The SMILES string of the molecule is O=C(O)CC([SiH3])([SiH3])C(=O)O. The van der Waals surface area contributed by atoms with Crippen LogP contribution in [0.25, 0.3) is 0 Å². The molecule has 0 fully saturated rings. The van der Waals surface area contributed by atoms with Gasteiger partial charge in [-0.2, -0.15) is 0 Å². The van der Waals surface area contributed by atoms with E-state index in [1.807, 2.05) is 0 Å². The van der Waals surface area contributed by atoms with E-state index in [9.17, 15) is 9.59 Å². The number of aliphatic carboxylic acids is 2. The van der Waals surface area contributed by atoms with E-state index in [0.29, 0.717) is 20.5 Å². The van der Waals surface area contributed by atoms with Gasteiger partial charge in [0, 0.05) is 25.1 Å². The Balaban J connectivity index is 4.13. The molecule has 0 aliphatic heterocycles. The normalized spacial score (nSPS) is 16.4. The van der Waals surface area contributed by atoms with Gasteiger partial charge in [-0.25, -0.2) is 0 Å².